The number of esters is 1. The molecule has 0 aromatic heterocycles. The van der Waals surface area contributed by atoms with Gasteiger partial charge in [-0.15, -0.1) is 0 Å². The maximum atomic E-state index is 11.5. The predicted molar refractivity (Wildman–Crippen MR) is 73.8 cm³/mol. The molecule has 0 radical (unpaired) electrons. The summed E-state index contributed by atoms with van der Waals surface area (Å²) >= 11 is 0. The Bertz CT molecular complexity index is 525. The standard InChI is InChI=1S/C13H19NO4S/c1-3-19(16,17)9-8-14-10-11-6-4-5-7-12(11)13(15)18-2/h4-7,14H,3,8-10H2,1-2H3. The second-order valence-corrected chi connectivity index (χ2v) is 6.53. The van der Waals surface area contributed by atoms with E-state index in [1.807, 2.05) is 12.1 Å². The molecule has 6 heteroatoms. The van der Waals surface area contributed by atoms with Gasteiger partial charge in [0, 0.05) is 18.8 Å². The maximum Gasteiger partial charge on any atom is 0.338 e. The Morgan fingerprint density at radius 2 is 2.00 bits per heavy atom. The predicted octanol–water partition coefficient (Wildman–Crippen LogP) is 0.997. The number of benzene rings is 1. The van der Waals surface area contributed by atoms with Crippen molar-refractivity contribution in [1.29, 1.82) is 0 Å². The molecule has 1 rings (SSSR count). The molecule has 5 nitrogen and oxygen atoms in total. The summed E-state index contributed by atoms with van der Waals surface area (Å²) in [6.07, 6.45) is 0. The molecule has 0 amide bonds. The van der Waals surface area contributed by atoms with Crippen LogP contribution in [0.2, 0.25) is 0 Å². The van der Waals surface area contributed by atoms with Crippen molar-refractivity contribution >= 4 is 15.8 Å². The molecule has 1 N–H and O–H groups in total. The van der Waals surface area contributed by atoms with Crippen LogP contribution in [0, 0.1) is 0 Å². The van der Waals surface area contributed by atoms with Gasteiger partial charge in [-0.3, -0.25) is 0 Å². The SMILES string of the molecule is CCS(=O)(=O)CCNCc1ccccc1C(=O)OC. The van der Waals surface area contributed by atoms with E-state index in [4.69, 9.17) is 4.74 Å². The van der Waals surface area contributed by atoms with Crippen molar-refractivity contribution in [3.05, 3.63) is 35.4 Å². The molecule has 0 aliphatic carbocycles. The maximum absolute atomic E-state index is 11.5. The van der Waals surface area contributed by atoms with Crippen molar-refractivity contribution in [2.75, 3.05) is 25.2 Å². The van der Waals surface area contributed by atoms with Gasteiger partial charge in [0.05, 0.1) is 18.4 Å². The van der Waals surface area contributed by atoms with E-state index in [1.54, 1.807) is 19.1 Å². The van der Waals surface area contributed by atoms with Crippen LogP contribution < -0.4 is 5.32 Å². The average molecular weight is 285 g/mol. The minimum Gasteiger partial charge on any atom is -0.465 e. The molecular weight excluding hydrogens is 266 g/mol. The van der Waals surface area contributed by atoms with E-state index in [2.05, 4.69) is 5.32 Å². The minimum atomic E-state index is -2.96. The zero-order valence-electron chi connectivity index (χ0n) is 11.2. The molecule has 0 aliphatic heterocycles. The smallest absolute Gasteiger partial charge is 0.338 e. The Morgan fingerprint density at radius 3 is 2.63 bits per heavy atom. The topological polar surface area (TPSA) is 72.5 Å². The van der Waals surface area contributed by atoms with Gasteiger partial charge in [0.1, 0.15) is 0 Å². The fraction of sp³-hybridized carbons (Fsp3) is 0.462. The molecular formula is C13H19NO4S. The second-order valence-electron chi connectivity index (χ2n) is 4.06. The van der Waals surface area contributed by atoms with Crippen molar-refractivity contribution in [3.63, 3.8) is 0 Å². The lowest BCUT2D eigenvalue weighted by molar-refractivity contribution is 0.0599. The van der Waals surface area contributed by atoms with Gasteiger partial charge in [-0.25, -0.2) is 13.2 Å². The summed E-state index contributed by atoms with van der Waals surface area (Å²) in [5, 5.41) is 3.02. The summed E-state index contributed by atoms with van der Waals surface area (Å²) < 4.78 is 27.3. The van der Waals surface area contributed by atoms with E-state index in [0.29, 0.717) is 18.7 Å². The largest absolute Gasteiger partial charge is 0.465 e. The zero-order chi connectivity index (χ0) is 14.3. The van der Waals surface area contributed by atoms with Crippen LogP contribution in [-0.4, -0.2) is 39.5 Å². The van der Waals surface area contributed by atoms with E-state index in [9.17, 15) is 13.2 Å². The van der Waals surface area contributed by atoms with Crippen LogP contribution in [0.1, 0.15) is 22.8 Å². The van der Waals surface area contributed by atoms with Gasteiger partial charge >= 0.3 is 5.97 Å². The van der Waals surface area contributed by atoms with Crippen LogP contribution in [-0.2, 0) is 21.1 Å². The highest BCUT2D eigenvalue weighted by Crippen LogP contribution is 2.09. The quantitative estimate of drug-likeness (QED) is 0.597. The lowest BCUT2D eigenvalue weighted by Gasteiger charge is -2.09. The van der Waals surface area contributed by atoms with Crippen molar-refractivity contribution in [1.82, 2.24) is 5.32 Å². The van der Waals surface area contributed by atoms with Crippen LogP contribution >= 0.6 is 0 Å². The van der Waals surface area contributed by atoms with Crippen LogP contribution in [0.5, 0.6) is 0 Å². The Balaban J connectivity index is 2.57. The van der Waals surface area contributed by atoms with Gasteiger partial charge in [-0.2, -0.15) is 0 Å². The Kier molecular flexibility index (Phi) is 5.98. The lowest BCUT2D eigenvalue weighted by Crippen LogP contribution is -2.24. The molecule has 0 unspecified atom stereocenters. The van der Waals surface area contributed by atoms with Crippen molar-refractivity contribution in [3.8, 4) is 0 Å². The summed E-state index contributed by atoms with van der Waals surface area (Å²) in [5.74, 6) is -0.143. The summed E-state index contributed by atoms with van der Waals surface area (Å²) in [6.45, 7) is 2.43. The third kappa shape index (κ3) is 5.00. The van der Waals surface area contributed by atoms with Crippen molar-refractivity contribution in [2.45, 2.75) is 13.5 Å². The van der Waals surface area contributed by atoms with Gasteiger partial charge in [0.15, 0.2) is 9.84 Å². The minimum absolute atomic E-state index is 0.101. The molecule has 19 heavy (non-hydrogen) atoms. The van der Waals surface area contributed by atoms with Gasteiger partial charge in [0.2, 0.25) is 0 Å². The number of carbonyl (C=O) groups is 1. The highest BCUT2D eigenvalue weighted by atomic mass is 32.2. The van der Waals surface area contributed by atoms with E-state index >= 15 is 0 Å². The Labute approximate surface area is 113 Å². The van der Waals surface area contributed by atoms with Gasteiger partial charge < -0.3 is 10.1 Å². The van der Waals surface area contributed by atoms with Gasteiger partial charge in [-0.05, 0) is 11.6 Å². The highest BCUT2D eigenvalue weighted by molar-refractivity contribution is 7.91. The number of carbonyl (C=O) groups excluding carboxylic acids is 1. The van der Waals surface area contributed by atoms with Crippen LogP contribution in [0.4, 0.5) is 0 Å². The molecule has 0 atom stereocenters. The third-order valence-electron chi connectivity index (χ3n) is 2.77. The molecule has 0 fully saturated rings. The number of rotatable bonds is 7. The summed E-state index contributed by atoms with van der Waals surface area (Å²) in [6, 6.07) is 7.09. The fourth-order valence-corrected chi connectivity index (χ4v) is 2.32. The van der Waals surface area contributed by atoms with Crippen LogP contribution in [0.3, 0.4) is 0 Å². The monoisotopic (exact) mass is 285 g/mol. The number of sulfone groups is 1. The number of methoxy groups -OCH3 is 1. The highest BCUT2D eigenvalue weighted by Gasteiger charge is 2.11. The van der Waals surface area contributed by atoms with Crippen molar-refractivity contribution < 1.29 is 17.9 Å². The second kappa shape index (κ2) is 7.25. The summed E-state index contributed by atoms with van der Waals surface area (Å²) in [4.78, 5) is 11.5. The first-order chi connectivity index (χ1) is 9.00. The van der Waals surface area contributed by atoms with Crippen LogP contribution in [0.15, 0.2) is 24.3 Å². The zero-order valence-corrected chi connectivity index (χ0v) is 12.0. The Morgan fingerprint density at radius 1 is 1.32 bits per heavy atom. The van der Waals surface area contributed by atoms with E-state index in [-0.39, 0.29) is 11.5 Å². The van der Waals surface area contributed by atoms with E-state index in [0.717, 1.165) is 5.56 Å². The van der Waals surface area contributed by atoms with E-state index < -0.39 is 15.8 Å². The molecule has 1 aromatic carbocycles. The molecule has 0 bridgehead atoms. The molecule has 0 aliphatic rings. The van der Waals surface area contributed by atoms with Crippen molar-refractivity contribution in [2.24, 2.45) is 0 Å². The Hall–Kier alpha value is -1.40. The summed E-state index contributed by atoms with van der Waals surface area (Å²) in [5.41, 5.74) is 1.29. The van der Waals surface area contributed by atoms with Crippen LogP contribution in [0.25, 0.3) is 0 Å². The number of nitrogens with one attached hydrogen (secondary N) is 1. The first-order valence-corrected chi connectivity index (χ1v) is 7.89. The molecule has 0 spiro atoms. The summed E-state index contributed by atoms with van der Waals surface area (Å²) in [7, 11) is -1.63. The lowest BCUT2D eigenvalue weighted by atomic mass is 10.1. The van der Waals surface area contributed by atoms with E-state index in [1.165, 1.54) is 7.11 Å². The number of ether oxygens (including phenoxy) is 1. The third-order valence-corrected chi connectivity index (χ3v) is 4.47. The molecule has 0 saturated heterocycles. The number of hydrogen-bond donors (Lipinski definition) is 1. The molecule has 0 saturated carbocycles. The molecule has 1 aromatic rings. The fourth-order valence-electron chi connectivity index (χ4n) is 1.58. The molecule has 0 heterocycles. The average Bonchev–Trinajstić information content (AvgIpc) is 2.43. The first kappa shape index (κ1) is 15.7. The first-order valence-electron chi connectivity index (χ1n) is 6.07. The molecule has 106 valence electrons. The van der Waals surface area contributed by atoms with Gasteiger partial charge in [0.25, 0.3) is 0 Å². The normalized spacial score (nSPS) is 11.3. The number of hydrogen-bond acceptors (Lipinski definition) is 5. The van der Waals surface area contributed by atoms with Gasteiger partial charge in [-0.1, -0.05) is 25.1 Å².